The summed E-state index contributed by atoms with van der Waals surface area (Å²) in [4.78, 5) is 0. The highest BCUT2D eigenvalue weighted by molar-refractivity contribution is 7.80. The van der Waals surface area contributed by atoms with Crippen molar-refractivity contribution in [2.75, 3.05) is 5.32 Å². The number of rotatable bonds is 3. The summed E-state index contributed by atoms with van der Waals surface area (Å²) < 4.78 is 13.3. The molecule has 0 unspecified atom stereocenters. The summed E-state index contributed by atoms with van der Waals surface area (Å²) in [5.41, 5.74) is 5.09. The van der Waals surface area contributed by atoms with Gasteiger partial charge in [0, 0.05) is 11.3 Å². The van der Waals surface area contributed by atoms with Gasteiger partial charge in [-0.3, -0.25) is 5.43 Å². The summed E-state index contributed by atoms with van der Waals surface area (Å²) in [5.74, 6) is -0.324. The summed E-state index contributed by atoms with van der Waals surface area (Å²) >= 11 is 5.09. The van der Waals surface area contributed by atoms with Crippen LogP contribution in [0, 0.1) is 12.7 Å². The van der Waals surface area contributed by atoms with Crippen LogP contribution in [0.15, 0.2) is 53.6 Å². The number of benzene rings is 2. The van der Waals surface area contributed by atoms with Crippen LogP contribution in [0.1, 0.15) is 11.1 Å². The number of anilines is 1. The van der Waals surface area contributed by atoms with Crippen molar-refractivity contribution in [1.29, 1.82) is 0 Å². The van der Waals surface area contributed by atoms with Gasteiger partial charge in [-0.2, -0.15) is 5.10 Å². The zero-order valence-electron chi connectivity index (χ0n) is 10.9. The van der Waals surface area contributed by atoms with Gasteiger partial charge in [0.25, 0.3) is 0 Å². The molecule has 3 nitrogen and oxygen atoms in total. The summed E-state index contributed by atoms with van der Waals surface area (Å²) in [6, 6.07) is 14.2. The maximum atomic E-state index is 13.3. The molecule has 0 atom stereocenters. The summed E-state index contributed by atoms with van der Waals surface area (Å²) in [7, 11) is 0. The van der Waals surface area contributed by atoms with Crippen molar-refractivity contribution < 1.29 is 4.39 Å². The molecular formula is C15H14FN3S. The maximum Gasteiger partial charge on any atom is 0.191 e. The molecule has 0 aromatic heterocycles. The number of hydrogen-bond donors (Lipinski definition) is 2. The third-order valence-corrected chi connectivity index (χ3v) is 2.78. The van der Waals surface area contributed by atoms with Crippen molar-refractivity contribution in [3.05, 3.63) is 65.5 Å². The SMILES string of the molecule is Cc1ccc(NC(=S)N/N=C/c2ccccc2F)cc1. The molecule has 0 fully saturated rings. The van der Waals surface area contributed by atoms with Gasteiger partial charge in [0.15, 0.2) is 5.11 Å². The summed E-state index contributed by atoms with van der Waals surface area (Å²) in [6.07, 6.45) is 1.39. The predicted molar refractivity (Wildman–Crippen MR) is 84.5 cm³/mol. The predicted octanol–water partition coefficient (Wildman–Crippen LogP) is 3.45. The van der Waals surface area contributed by atoms with Gasteiger partial charge in [-0.15, -0.1) is 0 Å². The molecule has 2 rings (SSSR count). The minimum atomic E-state index is -0.324. The van der Waals surface area contributed by atoms with E-state index < -0.39 is 0 Å². The van der Waals surface area contributed by atoms with Crippen LogP contribution in [-0.2, 0) is 0 Å². The molecule has 0 radical (unpaired) electrons. The second kappa shape index (κ2) is 6.77. The molecular weight excluding hydrogens is 273 g/mol. The van der Waals surface area contributed by atoms with E-state index in [0.717, 1.165) is 5.69 Å². The third kappa shape index (κ3) is 4.13. The fourth-order valence-corrected chi connectivity index (χ4v) is 1.71. The molecule has 0 saturated carbocycles. The number of hydrazone groups is 1. The molecule has 102 valence electrons. The molecule has 0 spiro atoms. The standard InChI is InChI=1S/C15H14FN3S/c1-11-6-8-13(9-7-11)18-15(20)19-17-10-12-4-2-3-5-14(12)16/h2-10H,1H3,(H2,18,19,20)/b17-10+. The van der Waals surface area contributed by atoms with Crippen LogP contribution >= 0.6 is 12.2 Å². The van der Waals surface area contributed by atoms with Gasteiger partial charge in [-0.1, -0.05) is 35.9 Å². The highest BCUT2D eigenvalue weighted by Gasteiger charge is 1.97. The molecule has 0 aliphatic rings. The van der Waals surface area contributed by atoms with E-state index in [1.807, 2.05) is 31.2 Å². The zero-order chi connectivity index (χ0) is 14.4. The van der Waals surface area contributed by atoms with Crippen LogP contribution < -0.4 is 10.7 Å². The molecule has 2 N–H and O–H groups in total. The Morgan fingerprint density at radius 2 is 1.85 bits per heavy atom. The van der Waals surface area contributed by atoms with Crippen molar-refractivity contribution in [3.63, 3.8) is 0 Å². The molecule has 0 bridgehead atoms. The minimum Gasteiger partial charge on any atom is -0.331 e. The van der Waals surface area contributed by atoms with E-state index in [0.29, 0.717) is 10.7 Å². The summed E-state index contributed by atoms with van der Waals surface area (Å²) in [5, 5.41) is 7.23. The molecule has 0 heterocycles. The number of hydrogen-bond acceptors (Lipinski definition) is 2. The highest BCUT2D eigenvalue weighted by atomic mass is 32.1. The maximum absolute atomic E-state index is 13.3. The highest BCUT2D eigenvalue weighted by Crippen LogP contribution is 2.08. The molecule has 0 aliphatic heterocycles. The number of halogens is 1. The Balaban J connectivity index is 1.89. The third-order valence-electron chi connectivity index (χ3n) is 2.58. The smallest absolute Gasteiger partial charge is 0.191 e. The van der Waals surface area contributed by atoms with Crippen molar-refractivity contribution in [1.82, 2.24) is 5.43 Å². The molecule has 0 amide bonds. The van der Waals surface area contributed by atoms with Gasteiger partial charge in [-0.05, 0) is 37.3 Å². The van der Waals surface area contributed by atoms with Crippen LogP contribution in [-0.4, -0.2) is 11.3 Å². The first kappa shape index (κ1) is 14.1. The Bertz CT molecular complexity index is 623. The second-order valence-corrected chi connectivity index (χ2v) is 4.62. The number of nitrogens with one attached hydrogen (secondary N) is 2. The normalized spacial score (nSPS) is 10.5. The Morgan fingerprint density at radius 1 is 1.15 bits per heavy atom. The van der Waals surface area contributed by atoms with Crippen molar-refractivity contribution in [2.24, 2.45) is 5.10 Å². The van der Waals surface area contributed by atoms with Gasteiger partial charge in [-0.25, -0.2) is 4.39 Å². The molecule has 2 aromatic carbocycles. The lowest BCUT2D eigenvalue weighted by Gasteiger charge is -2.06. The Labute approximate surface area is 122 Å². The van der Waals surface area contributed by atoms with E-state index in [1.165, 1.54) is 17.8 Å². The van der Waals surface area contributed by atoms with E-state index in [2.05, 4.69) is 15.8 Å². The van der Waals surface area contributed by atoms with Crippen molar-refractivity contribution in [2.45, 2.75) is 6.92 Å². The van der Waals surface area contributed by atoms with E-state index in [-0.39, 0.29) is 5.82 Å². The molecule has 20 heavy (non-hydrogen) atoms. The fourth-order valence-electron chi connectivity index (χ4n) is 1.54. The average Bonchev–Trinajstić information content (AvgIpc) is 2.43. The van der Waals surface area contributed by atoms with E-state index in [1.54, 1.807) is 18.2 Å². The lowest BCUT2D eigenvalue weighted by atomic mass is 10.2. The number of nitrogens with zero attached hydrogens (tertiary/aromatic N) is 1. The lowest BCUT2D eigenvalue weighted by molar-refractivity contribution is 0.626. The van der Waals surface area contributed by atoms with E-state index in [4.69, 9.17) is 12.2 Å². The van der Waals surface area contributed by atoms with Crippen LogP contribution in [0.3, 0.4) is 0 Å². The first-order valence-electron chi connectivity index (χ1n) is 6.06. The zero-order valence-corrected chi connectivity index (χ0v) is 11.7. The van der Waals surface area contributed by atoms with Crippen molar-refractivity contribution in [3.8, 4) is 0 Å². The van der Waals surface area contributed by atoms with Gasteiger partial charge in [0.1, 0.15) is 5.82 Å². The number of thiocarbonyl (C=S) groups is 1. The van der Waals surface area contributed by atoms with Gasteiger partial charge in [0.2, 0.25) is 0 Å². The molecule has 5 heteroatoms. The largest absolute Gasteiger partial charge is 0.331 e. The topological polar surface area (TPSA) is 36.4 Å². The van der Waals surface area contributed by atoms with Crippen LogP contribution in [0.2, 0.25) is 0 Å². The second-order valence-electron chi connectivity index (χ2n) is 4.21. The first-order valence-corrected chi connectivity index (χ1v) is 6.47. The Morgan fingerprint density at radius 3 is 2.55 bits per heavy atom. The van der Waals surface area contributed by atoms with E-state index >= 15 is 0 Å². The average molecular weight is 287 g/mol. The fraction of sp³-hybridized carbons (Fsp3) is 0.0667. The minimum absolute atomic E-state index is 0.324. The Hall–Kier alpha value is -2.27. The molecule has 0 saturated heterocycles. The number of aryl methyl sites for hydroxylation is 1. The van der Waals surface area contributed by atoms with Crippen molar-refractivity contribution >= 4 is 29.2 Å². The van der Waals surface area contributed by atoms with Gasteiger partial charge in [0.05, 0.1) is 6.21 Å². The van der Waals surface area contributed by atoms with Crippen LogP contribution in [0.5, 0.6) is 0 Å². The van der Waals surface area contributed by atoms with Gasteiger partial charge >= 0.3 is 0 Å². The molecule has 0 aliphatic carbocycles. The first-order chi connectivity index (χ1) is 9.65. The van der Waals surface area contributed by atoms with Crippen LogP contribution in [0.25, 0.3) is 0 Å². The molecule has 2 aromatic rings. The quantitative estimate of drug-likeness (QED) is 0.516. The van der Waals surface area contributed by atoms with Gasteiger partial charge < -0.3 is 5.32 Å². The lowest BCUT2D eigenvalue weighted by Crippen LogP contribution is -2.23. The van der Waals surface area contributed by atoms with Crippen LogP contribution in [0.4, 0.5) is 10.1 Å². The van der Waals surface area contributed by atoms with E-state index in [9.17, 15) is 4.39 Å². The Kier molecular flexibility index (Phi) is 4.79. The monoisotopic (exact) mass is 287 g/mol. The summed E-state index contributed by atoms with van der Waals surface area (Å²) in [6.45, 7) is 2.01.